The van der Waals surface area contributed by atoms with Gasteiger partial charge in [0.15, 0.2) is 0 Å². The molecule has 0 amide bonds. The van der Waals surface area contributed by atoms with E-state index in [1.807, 2.05) is 44.2 Å². The molecule has 136 valence electrons. The van der Waals surface area contributed by atoms with Gasteiger partial charge in [0.1, 0.15) is 5.82 Å². The maximum absolute atomic E-state index is 13.3. The highest BCUT2D eigenvalue weighted by Crippen LogP contribution is 2.29. The van der Waals surface area contributed by atoms with Crippen LogP contribution in [0.4, 0.5) is 4.39 Å². The molecule has 0 nitrogen and oxygen atoms in total. The lowest BCUT2D eigenvalue weighted by molar-refractivity contribution is 0.626. The smallest absolute Gasteiger partial charge is 0.123 e. The van der Waals surface area contributed by atoms with Gasteiger partial charge in [-0.15, -0.1) is 0 Å². The van der Waals surface area contributed by atoms with Crippen LogP contribution in [0.15, 0.2) is 66.8 Å². The zero-order valence-electron chi connectivity index (χ0n) is 16.7. The summed E-state index contributed by atoms with van der Waals surface area (Å²) >= 11 is 0. The fraction of sp³-hybridized carbons (Fsp3) is 0.333. The van der Waals surface area contributed by atoms with Gasteiger partial charge in [0, 0.05) is 0 Å². The summed E-state index contributed by atoms with van der Waals surface area (Å²) < 4.78 is 13.3. The van der Waals surface area contributed by atoms with Crippen LogP contribution in [0.2, 0.25) is 0 Å². The first-order chi connectivity index (χ1) is 12.0. The molecule has 0 aliphatic rings. The minimum absolute atomic E-state index is 0.204. The van der Waals surface area contributed by atoms with Crippen molar-refractivity contribution >= 4 is 5.57 Å². The van der Waals surface area contributed by atoms with Gasteiger partial charge in [0.05, 0.1) is 0 Å². The van der Waals surface area contributed by atoms with Gasteiger partial charge in [-0.05, 0) is 53.8 Å². The lowest BCUT2D eigenvalue weighted by atomic mass is 9.91. The summed E-state index contributed by atoms with van der Waals surface area (Å²) in [7, 11) is 0. The summed E-state index contributed by atoms with van der Waals surface area (Å²) in [6, 6.07) is 15.0. The largest absolute Gasteiger partial charge is 0.207 e. The summed E-state index contributed by atoms with van der Waals surface area (Å²) in [4.78, 5) is 0. The lowest BCUT2D eigenvalue weighted by Crippen LogP contribution is -1.95. The summed E-state index contributed by atoms with van der Waals surface area (Å²) in [5.41, 5.74) is 5.29. The Morgan fingerprint density at radius 3 is 1.92 bits per heavy atom. The number of hydrogen-bond acceptors (Lipinski definition) is 0. The molecule has 0 aliphatic heterocycles. The highest BCUT2D eigenvalue weighted by molar-refractivity contribution is 5.84. The Morgan fingerprint density at radius 1 is 0.960 bits per heavy atom. The molecule has 1 heteroatoms. The SMILES string of the molecule is C=C/C(C)=C(\c1ccccc1)c1ccc(F)cc1C.CCC.CCC. The van der Waals surface area contributed by atoms with Crippen molar-refractivity contribution < 1.29 is 4.39 Å². The van der Waals surface area contributed by atoms with Crippen molar-refractivity contribution in [2.75, 3.05) is 0 Å². The quantitative estimate of drug-likeness (QED) is 0.497. The van der Waals surface area contributed by atoms with E-state index in [1.165, 1.54) is 18.9 Å². The summed E-state index contributed by atoms with van der Waals surface area (Å²) in [6.07, 6.45) is 4.34. The first-order valence-electron chi connectivity index (χ1n) is 9.11. The number of hydrogen-bond donors (Lipinski definition) is 0. The van der Waals surface area contributed by atoms with E-state index in [1.54, 1.807) is 6.07 Å². The number of benzene rings is 2. The van der Waals surface area contributed by atoms with Gasteiger partial charge in [0.2, 0.25) is 0 Å². The van der Waals surface area contributed by atoms with Crippen molar-refractivity contribution in [3.05, 3.63) is 89.3 Å². The fourth-order valence-corrected chi connectivity index (χ4v) is 2.21. The van der Waals surface area contributed by atoms with E-state index in [0.29, 0.717) is 0 Å². The molecule has 0 saturated carbocycles. The van der Waals surface area contributed by atoms with Crippen LogP contribution in [0.1, 0.15) is 64.2 Å². The van der Waals surface area contributed by atoms with Crippen LogP contribution in [0.5, 0.6) is 0 Å². The van der Waals surface area contributed by atoms with Crippen molar-refractivity contribution in [2.24, 2.45) is 0 Å². The van der Waals surface area contributed by atoms with Crippen LogP contribution < -0.4 is 0 Å². The monoisotopic (exact) mass is 340 g/mol. The Labute approximate surface area is 154 Å². The van der Waals surface area contributed by atoms with E-state index in [-0.39, 0.29) is 5.82 Å². The highest BCUT2D eigenvalue weighted by Gasteiger charge is 2.10. The van der Waals surface area contributed by atoms with Crippen molar-refractivity contribution in [3.63, 3.8) is 0 Å². The van der Waals surface area contributed by atoms with Gasteiger partial charge in [-0.1, -0.05) is 89.6 Å². The molecule has 0 fully saturated rings. The van der Waals surface area contributed by atoms with Gasteiger partial charge < -0.3 is 0 Å². The van der Waals surface area contributed by atoms with Crippen LogP contribution in [0.3, 0.4) is 0 Å². The standard InChI is InChI=1S/C18H17F.2C3H8/c1-4-13(2)18(15-8-6-5-7-9-15)17-11-10-16(19)12-14(17)3;2*1-3-2/h4-12H,1H2,2-3H3;2*3H2,1-2H3/b18-13+;;. The first kappa shape index (κ1) is 22.9. The van der Waals surface area contributed by atoms with Gasteiger partial charge in [0.25, 0.3) is 0 Å². The number of rotatable bonds is 3. The summed E-state index contributed by atoms with van der Waals surface area (Å²) in [6.45, 7) is 16.3. The Hall–Kier alpha value is -2.15. The van der Waals surface area contributed by atoms with E-state index in [0.717, 1.165) is 27.8 Å². The molecule has 0 bridgehead atoms. The second kappa shape index (κ2) is 13.2. The van der Waals surface area contributed by atoms with Crippen molar-refractivity contribution in [2.45, 2.75) is 54.4 Å². The average Bonchev–Trinajstić information content (AvgIpc) is 2.59. The molecule has 0 unspecified atom stereocenters. The highest BCUT2D eigenvalue weighted by atomic mass is 19.1. The molecule has 0 N–H and O–H groups in total. The minimum Gasteiger partial charge on any atom is -0.207 e. The molecule has 0 spiro atoms. The second-order valence-electron chi connectivity index (χ2n) is 6.00. The number of aryl methyl sites for hydroxylation is 1. The third-order valence-electron chi connectivity index (χ3n) is 3.22. The van der Waals surface area contributed by atoms with Gasteiger partial charge in [-0.3, -0.25) is 0 Å². The molecule has 0 radical (unpaired) electrons. The number of allylic oxidation sites excluding steroid dienone is 2. The molecule has 0 saturated heterocycles. The molecular weight excluding hydrogens is 307 g/mol. The van der Waals surface area contributed by atoms with Crippen LogP contribution in [0.25, 0.3) is 5.57 Å². The zero-order chi connectivity index (χ0) is 19.2. The van der Waals surface area contributed by atoms with Crippen LogP contribution in [-0.2, 0) is 0 Å². The topological polar surface area (TPSA) is 0 Å². The third kappa shape index (κ3) is 7.98. The lowest BCUT2D eigenvalue weighted by Gasteiger charge is -2.14. The summed E-state index contributed by atoms with van der Waals surface area (Å²) in [5.74, 6) is -0.204. The van der Waals surface area contributed by atoms with Crippen LogP contribution in [-0.4, -0.2) is 0 Å². The van der Waals surface area contributed by atoms with E-state index >= 15 is 0 Å². The van der Waals surface area contributed by atoms with Crippen LogP contribution >= 0.6 is 0 Å². The molecule has 0 aromatic heterocycles. The van der Waals surface area contributed by atoms with E-state index in [2.05, 4.69) is 46.4 Å². The van der Waals surface area contributed by atoms with Crippen molar-refractivity contribution in [3.8, 4) is 0 Å². The third-order valence-corrected chi connectivity index (χ3v) is 3.22. The van der Waals surface area contributed by atoms with Gasteiger partial charge in [-0.25, -0.2) is 4.39 Å². The second-order valence-corrected chi connectivity index (χ2v) is 6.00. The minimum atomic E-state index is -0.204. The Kier molecular flexibility index (Phi) is 12.0. The Bertz CT molecular complexity index is 649. The molecule has 0 heterocycles. The maximum atomic E-state index is 13.3. The molecule has 25 heavy (non-hydrogen) atoms. The van der Waals surface area contributed by atoms with E-state index in [4.69, 9.17) is 0 Å². The normalized spacial score (nSPS) is 10.5. The zero-order valence-corrected chi connectivity index (χ0v) is 16.7. The average molecular weight is 341 g/mol. The molecule has 0 aliphatic carbocycles. The van der Waals surface area contributed by atoms with Gasteiger partial charge in [-0.2, -0.15) is 0 Å². The van der Waals surface area contributed by atoms with E-state index < -0.39 is 0 Å². The predicted octanol–water partition coefficient (Wildman–Crippen LogP) is 7.97. The van der Waals surface area contributed by atoms with Gasteiger partial charge >= 0.3 is 0 Å². The molecule has 2 aromatic rings. The predicted molar refractivity (Wildman–Crippen MR) is 111 cm³/mol. The van der Waals surface area contributed by atoms with E-state index in [9.17, 15) is 4.39 Å². The fourth-order valence-electron chi connectivity index (χ4n) is 2.21. The van der Waals surface area contributed by atoms with Crippen molar-refractivity contribution in [1.29, 1.82) is 0 Å². The first-order valence-corrected chi connectivity index (χ1v) is 9.11. The molecule has 2 rings (SSSR count). The maximum Gasteiger partial charge on any atom is 0.123 e. The van der Waals surface area contributed by atoms with Crippen molar-refractivity contribution in [1.82, 2.24) is 0 Å². The van der Waals surface area contributed by atoms with Crippen LogP contribution in [0, 0.1) is 12.7 Å². The molecule has 2 aromatic carbocycles. The Morgan fingerprint density at radius 2 is 1.48 bits per heavy atom. The molecular formula is C24H33F. The Balaban J connectivity index is 0.000000844. The summed E-state index contributed by atoms with van der Waals surface area (Å²) in [5, 5.41) is 0. The number of halogens is 1. The molecule has 0 atom stereocenters.